The van der Waals surface area contributed by atoms with Gasteiger partial charge in [-0.2, -0.15) is 13.4 Å². The Morgan fingerprint density at radius 3 is 2.42 bits per heavy atom. The summed E-state index contributed by atoms with van der Waals surface area (Å²) < 4.78 is 31.4. The molecule has 136 valence electrons. The first kappa shape index (κ1) is 19.2. The van der Waals surface area contributed by atoms with Crippen LogP contribution >= 0.6 is 0 Å². The Hall–Kier alpha value is -3.17. The second-order valence-corrected chi connectivity index (χ2v) is 6.77. The van der Waals surface area contributed by atoms with Gasteiger partial charge in [0.25, 0.3) is 16.0 Å². The Bertz CT molecular complexity index is 1060. The van der Waals surface area contributed by atoms with E-state index in [0.717, 1.165) is 22.1 Å². The lowest BCUT2D eigenvalue weighted by Gasteiger charge is -2.01. The van der Waals surface area contributed by atoms with Gasteiger partial charge in [0.15, 0.2) is 5.96 Å². The molecular formula is C17H17N3O5S. The van der Waals surface area contributed by atoms with Crippen LogP contribution in [-0.4, -0.2) is 31.1 Å². The fourth-order valence-corrected chi connectivity index (χ4v) is 2.20. The number of fused-ring (bicyclic) bond motifs is 1. The van der Waals surface area contributed by atoms with Gasteiger partial charge in [-0.1, -0.05) is 30.3 Å². The molecule has 0 saturated heterocycles. The molecule has 0 saturated carbocycles. The summed E-state index contributed by atoms with van der Waals surface area (Å²) in [4.78, 5) is 15.4. The van der Waals surface area contributed by atoms with Crippen LogP contribution < -0.4 is 11.5 Å². The molecular weight excluding hydrogens is 358 g/mol. The fourth-order valence-electron chi connectivity index (χ4n) is 2.20. The monoisotopic (exact) mass is 375 g/mol. The van der Waals surface area contributed by atoms with Gasteiger partial charge in [-0.15, -0.1) is 0 Å². The molecule has 2 aromatic carbocycles. The van der Waals surface area contributed by atoms with E-state index >= 15 is 0 Å². The standard InChI is InChI=1S/C16H13N3O2.CH4O3S/c17-16(18)19-15(20)11-5-3-4-10(8-11)13-9-21-14-7-2-1-6-12(13)14;1-5(2,3)4/h1-9H,(H4,17,18,19,20);1H3,(H,2,3,4). The maximum Gasteiger partial charge on any atom is 0.280 e. The first-order chi connectivity index (χ1) is 12.1. The van der Waals surface area contributed by atoms with Crippen LogP contribution in [0.5, 0.6) is 0 Å². The van der Waals surface area contributed by atoms with Gasteiger partial charge in [0.2, 0.25) is 0 Å². The van der Waals surface area contributed by atoms with Crippen molar-refractivity contribution in [2.24, 2.45) is 16.5 Å². The Kier molecular flexibility index (Phi) is 5.75. The highest BCUT2D eigenvalue weighted by Crippen LogP contribution is 2.30. The normalized spacial score (nSPS) is 10.7. The first-order valence-corrected chi connectivity index (χ1v) is 9.13. The number of carbonyl (C=O) groups excluding carboxylic acids is 1. The van der Waals surface area contributed by atoms with Crippen LogP contribution in [0.4, 0.5) is 0 Å². The first-order valence-electron chi connectivity index (χ1n) is 7.28. The molecule has 3 aromatic rings. The molecule has 26 heavy (non-hydrogen) atoms. The summed E-state index contributed by atoms with van der Waals surface area (Å²) >= 11 is 0. The molecule has 1 heterocycles. The molecule has 0 aliphatic carbocycles. The highest BCUT2D eigenvalue weighted by atomic mass is 32.2. The maximum absolute atomic E-state index is 11.9. The molecule has 8 nitrogen and oxygen atoms in total. The predicted molar refractivity (Wildman–Crippen MR) is 99.3 cm³/mol. The third kappa shape index (κ3) is 5.43. The molecule has 0 fully saturated rings. The van der Waals surface area contributed by atoms with Crippen molar-refractivity contribution in [2.75, 3.05) is 6.26 Å². The summed E-state index contributed by atoms with van der Waals surface area (Å²) in [6, 6.07) is 14.8. The average Bonchev–Trinajstić information content (AvgIpc) is 2.97. The van der Waals surface area contributed by atoms with Gasteiger partial charge < -0.3 is 15.9 Å². The van der Waals surface area contributed by atoms with Crippen LogP contribution in [-0.2, 0) is 10.1 Å². The summed E-state index contributed by atoms with van der Waals surface area (Å²) in [7, 11) is -3.67. The van der Waals surface area contributed by atoms with E-state index in [1.807, 2.05) is 30.3 Å². The van der Waals surface area contributed by atoms with E-state index in [4.69, 9.17) is 20.4 Å². The number of hydrogen-bond acceptors (Lipinski definition) is 4. The zero-order chi connectivity index (χ0) is 19.3. The molecule has 0 unspecified atom stereocenters. The number of amides is 1. The summed E-state index contributed by atoms with van der Waals surface area (Å²) in [5, 5.41) is 0.990. The summed E-state index contributed by atoms with van der Waals surface area (Å²) in [5.74, 6) is -0.719. The van der Waals surface area contributed by atoms with Crippen molar-refractivity contribution in [1.82, 2.24) is 0 Å². The van der Waals surface area contributed by atoms with Crippen LogP contribution in [0.25, 0.3) is 22.1 Å². The minimum atomic E-state index is -3.67. The minimum Gasteiger partial charge on any atom is -0.464 e. The number of carbonyl (C=O) groups is 1. The number of para-hydroxylation sites is 1. The highest BCUT2D eigenvalue weighted by molar-refractivity contribution is 7.85. The van der Waals surface area contributed by atoms with E-state index in [9.17, 15) is 13.2 Å². The Balaban J connectivity index is 0.000000431. The van der Waals surface area contributed by atoms with Gasteiger partial charge in [-0.25, -0.2) is 0 Å². The minimum absolute atomic E-state index is 0.251. The van der Waals surface area contributed by atoms with E-state index < -0.39 is 16.0 Å². The topological polar surface area (TPSA) is 149 Å². The average molecular weight is 375 g/mol. The molecule has 9 heteroatoms. The fraction of sp³-hybridized carbons (Fsp3) is 0.0588. The lowest BCUT2D eigenvalue weighted by Crippen LogP contribution is -2.24. The van der Waals surface area contributed by atoms with Crippen LogP contribution in [0.2, 0.25) is 0 Å². The van der Waals surface area contributed by atoms with Crippen molar-refractivity contribution in [3.63, 3.8) is 0 Å². The number of rotatable bonds is 2. The SMILES string of the molecule is CS(=O)(=O)O.NC(N)=NC(=O)c1cccc(-c2coc3ccccc23)c1. The van der Waals surface area contributed by atoms with Gasteiger partial charge in [-0.05, 0) is 23.8 Å². The zero-order valence-electron chi connectivity index (χ0n) is 13.8. The molecule has 3 rings (SSSR count). The third-order valence-electron chi connectivity index (χ3n) is 3.13. The second kappa shape index (κ2) is 7.81. The van der Waals surface area contributed by atoms with Gasteiger partial charge in [0, 0.05) is 16.5 Å². The Morgan fingerprint density at radius 1 is 1.12 bits per heavy atom. The van der Waals surface area contributed by atoms with Crippen molar-refractivity contribution >= 4 is 33.0 Å². The Morgan fingerprint density at radius 2 is 1.77 bits per heavy atom. The van der Waals surface area contributed by atoms with Crippen LogP contribution in [0.15, 0.2) is 64.2 Å². The summed E-state index contributed by atoms with van der Waals surface area (Å²) in [5.41, 5.74) is 13.5. The van der Waals surface area contributed by atoms with Crippen LogP contribution in [0, 0.1) is 0 Å². The molecule has 0 radical (unpaired) electrons. The number of guanidine groups is 1. The maximum atomic E-state index is 11.9. The van der Waals surface area contributed by atoms with Gasteiger partial charge in [-0.3, -0.25) is 9.35 Å². The molecule has 0 aliphatic rings. The lowest BCUT2D eigenvalue weighted by atomic mass is 10.0. The van der Waals surface area contributed by atoms with Crippen molar-refractivity contribution < 1.29 is 22.2 Å². The van der Waals surface area contributed by atoms with Gasteiger partial charge in [0.05, 0.1) is 12.5 Å². The van der Waals surface area contributed by atoms with Crippen molar-refractivity contribution in [3.05, 3.63) is 60.4 Å². The number of furan rings is 1. The summed E-state index contributed by atoms with van der Waals surface area (Å²) in [6.45, 7) is 0. The second-order valence-electron chi connectivity index (χ2n) is 5.30. The summed E-state index contributed by atoms with van der Waals surface area (Å²) in [6.07, 6.45) is 2.39. The van der Waals surface area contributed by atoms with Crippen molar-refractivity contribution in [1.29, 1.82) is 0 Å². The molecule has 1 aromatic heterocycles. The highest BCUT2D eigenvalue weighted by Gasteiger charge is 2.10. The van der Waals surface area contributed by atoms with Gasteiger partial charge in [0.1, 0.15) is 5.58 Å². The Labute approximate surface area is 149 Å². The van der Waals surface area contributed by atoms with E-state index in [2.05, 4.69) is 4.99 Å². The smallest absolute Gasteiger partial charge is 0.280 e. The van der Waals surface area contributed by atoms with E-state index in [-0.39, 0.29) is 5.96 Å². The quantitative estimate of drug-likeness (QED) is 0.352. The largest absolute Gasteiger partial charge is 0.464 e. The predicted octanol–water partition coefficient (Wildman–Crippen LogP) is 2.02. The number of aliphatic imine (C=N–C) groups is 1. The van der Waals surface area contributed by atoms with Crippen LogP contribution in [0.3, 0.4) is 0 Å². The number of hydrogen-bond donors (Lipinski definition) is 3. The molecule has 0 atom stereocenters. The van der Waals surface area contributed by atoms with E-state index in [0.29, 0.717) is 11.8 Å². The number of nitrogens with two attached hydrogens (primary N) is 2. The van der Waals surface area contributed by atoms with Crippen molar-refractivity contribution in [3.8, 4) is 11.1 Å². The zero-order valence-corrected chi connectivity index (χ0v) is 14.6. The molecule has 0 bridgehead atoms. The lowest BCUT2D eigenvalue weighted by molar-refractivity contribution is 0.100. The number of benzene rings is 2. The molecule has 5 N–H and O–H groups in total. The third-order valence-corrected chi connectivity index (χ3v) is 3.13. The number of nitrogens with zero attached hydrogens (tertiary/aromatic N) is 1. The molecule has 1 amide bonds. The molecule has 0 spiro atoms. The van der Waals surface area contributed by atoms with Crippen LogP contribution in [0.1, 0.15) is 10.4 Å². The van der Waals surface area contributed by atoms with Crippen molar-refractivity contribution in [2.45, 2.75) is 0 Å². The van der Waals surface area contributed by atoms with E-state index in [1.165, 1.54) is 0 Å². The van der Waals surface area contributed by atoms with E-state index in [1.54, 1.807) is 24.5 Å². The molecule has 0 aliphatic heterocycles. The van der Waals surface area contributed by atoms with Gasteiger partial charge >= 0.3 is 0 Å².